The highest BCUT2D eigenvalue weighted by atomic mass is 32.2. The lowest BCUT2D eigenvalue weighted by Gasteiger charge is -2.19. The second-order valence-corrected chi connectivity index (χ2v) is 8.38. The first-order valence-electron chi connectivity index (χ1n) is 8.15. The Morgan fingerprint density at radius 1 is 1.00 bits per heavy atom. The zero-order chi connectivity index (χ0) is 18.6. The molecular formula is C20H24N2O2S. The van der Waals surface area contributed by atoms with Crippen molar-refractivity contribution in [2.75, 3.05) is 5.32 Å². The van der Waals surface area contributed by atoms with Crippen molar-refractivity contribution in [2.45, 2.75) is 43.3 Å². The largest absolute Gasteiger partial charge is 0.366 e. The van der Waals surface area contributed by atoms with E-state index in [0.717, 1.165) is 4.90 Å². The second-order valence-electron chi connectivity index (χ2n) is 6.97. The molecule has 5 heteroatoms. The zero-order valence-corrected chi connectivity index (χ0v) is 15.8. The Labute approximate surface area is 153 Å². The van der Waals surface area contributed by atoms with E-state index in [1.54, 1.807) is 24.3 Å². The van der Waals surface area contributed by atoms with Crippen LogP contribution < -0.4 is 11.1 Å². The number of benzene rings is 2. The van der Waals surface area contributed by atoms with E-state index in [-0.39, 0.29) is 16.6 Å². The zero-order valence-electron chi connectivity index (χ0n) is 15.0. The fourth-order valence-electron chi connectivity index (χ4n) is 2.25. The summed E-state index contributed by atoms with van der Waals surface area (Å²) in [6.07, 6.45) is 0. The van der Waals surface area contributed by atoms with Crippen molar-refractivity contribution in [2.24, 2.45) is 5.73 Å². The van der Waals surface area contributed by atoms with Gasteiger partial charge < -0.3 is 11.1 Å². The van der Waals surface area contributed by atoms with Crippen LogP contribution in [0.25, 0.3) is 0 Å². The highest BCUT2D eigenvalue weighted by molar-refractivity contribution is 8.00. The average molecular weight is 356 g/mol. The van der Waals surface area contributed by atoms with Gasteiger partial charge in [0, 0.05) is 16.1 Å². The quantitative estimate of drug-likeness (QED) is 0.789. The van der Waals surface area contributed by atoms with Crippen molar-refractivity contribution in [1.29, 1.82) is 0 Å². The first-order valence-corrected chi connectivity index (χ1v) is 9.03. The van der Waals surface area contributed by atoms with Gasteiger partial charge in [-0.2, -0.15) is 0 Å². The Hall–Kier alpha value is -2.27. The molecular weight excluding hydrogens is 332 g/mol. The number of hydrogen-bond acceptors (Lipinski definition) is 3. The number of amides is 2. The Morgan fingerprint density at radius 3 is 2.04 bits per heavy atom. The van der Waals surface area contributed by atoms with Crippen LogP contribution in [-0.2, 0) is 10.2 Å². The van der Waals surface area contributed by atoms with Crippen LogP contribution in [0.1, 0.15) is 43.6 Å². The average Bonchev–Trinajstić information content (AvgIpc) is 2.55. The minimum atomic E-state index is -0.486. The molecule has 2 rings (SSSR count). The number of nitrogens with two attached hydrogens (primary N) is 1. The SMILES string of the molecule is C[C@@H](Sc1ccc(C(C)(C)C)cc1)C(=O)Nc1ccc(C(N)=O)cc1. The maximum absolute atomic E-state index is 12.3. The Balaban J connectivity index is 1.96. The van der Waals surface area contributed by atoms with Crippen LogP contribution in [-0.4, -0.2) is 17.1 Å². The summed E-state index contributed by atoms with van der Waals surface area (Å²) < 4.78 is 0. The molecule has 0 spiro atoms. The molecule has 3 N–H and O–H groups in total. The van der Waals surface area contributed by atoms with Crippen molar-refractivity contribution in [3.63, 3.8) is 0 Å². The fourth-order valence-corrected chi connectivity index (χ4v) is 3.12. The molecule has 0 aromatic heterocycles. The molecule has 132 valence electrons. The maximum atomic E-state index is 12.3. The number of thioether (sulfide) groups is 1. The van der Waals surface area contributed by atoms with Crippen molar-refractivity contribution in [3.05, 3.63) is 59.7 Å². The number of primary amides is 1. The molecule has 2 aromatic rings. The molecule has 0 aliphatic carbocycles. The molecule has 2 amide bonds. The van der Waals surface area contributed by atoms with Crippen molar-refractivity contribution < 1.29 is 9.59 Å². The number of nitrogens with one attached hydrogen (secondary N) is 1. The Bertz CT molecular complexity index is 747. The van der Waals surface area contributed by atoms with E-state index in [1.807, 2.05) is 6.92 Å². The number of carbonyl (C=O) groups excluding carboxylic acids is 2. The second kappa shape index (κ2) is 7.74. The van der Waals surface area contributed by atoms with Crippen LogP contribution in [0.2, 0.25) is 0 Å². The van der Waals surface area contributed by atoms with Gasteiger partial charge >= 0.3 is 0 Å². The van der Waals surface area contributed by atoms with Crippen LogP contribution >= 0.6 is 11.8 Å². The molecule has 0 saturated heterocycles. The van der Waals surface area contributed by atoms with E-state index in [9.17, 15) is 9.59 Å². The van der Waals surface area contributed by atoms with Gasteiger partial charge in [-0.05, 0) is 54.3 Å². The summed E-state index contributed by atoms with van der Waals surface area (Å²) in [6.45, 7) is 8.40. The minimum Gasteiger partial charge on any atom is -0.366 e. The summed E-state index contributed by atoms with van der Waals surface area (Å²) >= 11 is 1.51. The van der Waals surface area contributed by atoms with Crippen LogP contribution in [0.3, 0.4) is 0 Å². The van der Waals surface area contributed by atoms with Gasteiger partial charge in [0.05, 0.1) is 5.25 Å². The van der Waals surface area contributed by atoms with Crippen LogP contribution in [0.15, 0.2) is 53.4 Å². The van der Waals surface area contributed by atoms with Gasteiger partial charge in [-0.3, -0.25) is 9.59 Å². The summed E-state index contributed by atoms with van der Waals surface area (Å²) in [7, 11) is 0. The summed E-state index contributed by atoms with van der Waals surface area (Å²) in [5, 5.41) is 2.61. The molecule has 0 fully saturated rings. The van der Waals surface area contributed by atoms with Gasteiger partial charge in [0.25, 0.3) is 0 Å². The molecule has 1 atom stereocenters. The molecule has 25 heavy (non-hydrogen) atoms. The number of anilines is 1. The van der Waals surface area contributed by atoms with Gasteiger partial charge in [-0.15, -0.1) is 11.8 Å². The normalized spacial score (nSPS) is 12.5. The highest BCUT2D eigenvalue weighted by Crippen LogP contribution is 2.28. The van der Waals surface area contributed by atoms with Crippen LogP contribution in [0, 0.1) is 0 Å². The number of rotatable bonds is 5. The van der Waals surface area contributed by atoms with Gasteiger partial charge in [-0.25, -0.2) is 0 Å². The van der Waals surface area contributed by atoms with E-state index in [4.69, 9.17) is 5.73 Å². The van der Waals surface area contributed by atoms with E-state index in [2.05, 4.69) is 50.4 Å². The van der Waals surface area contributed by atoms with Crippen molar-refractivity contribution in [3.8, 4) is 0 Å². The molecule has 0 heterocycles. The molecule has 0 aliphatic rings. The lowest BCUT2D eigenvalue weighted by molar-refractivity contribution is -0.115. The molecule has 0 bridgehead atoms. The Morgan fingerprint density at radius 2 is 1.56 bits per heavy atom. The topological polar surface area (TPSA) is 72.2 Å². The summed E-state index contributed by atoms with van der Waals surface area (Å²) in [5.74, 6) is -0.572. The van der Waals surface area contributed by atoms with E-state index in [0.29, 0.717) is 11.3 Å². The Kier molecular flexibility index (Phi) is 5.90. The van der Waals surface area contributed by atoms with Crippen LogP contribution in [0.4, 0.5) is 5.69 Å². The highest BCUT2D eigenvalue weighted by Gasteiger charge is 2.16. The third kappa shape index (κ3) is 5.36. The predicted octanol–water partition coefficient (Wildman–Crippen LogP) is 4.20. The van der Waals surface area contributed by atoms with Gasteiger partial charge in [0.2, 0.25) is 11.8 Å². The standard InChI is InChI=1S/C20H24N2O2S/c1-13(25-17-11-7-15(8-12-17)20(2,3)4)19(24)22-16-9-5-14(6-10-16)18(21)23/h5-13H,1-4H3,(H2,21,23)(H,22,24)/t13-/m1/s1. The monoisotopic (exact) mass is 356 g/mol. The van der Waals surface area contributed by atoms with E-state index in [1.165, 1.54) is 17.3 Å². The first kappa shape index (κ1) is 19.1. The third-order valence-corrected chi connectivity index (χ3v) is 4.95. The van der Waals surface area contributed by atoms with Crippen LogP contribution in [0.5, 0.6) is 0 Å². The fraction of sp³-hybridized carbons (Fsp3) is 0.300. The predicted molar refractivity (Wildman–Crippen MR) is 104 cm³/mol. The molecule has 0 radical (unpaired) electrons. The molecule has 0 saturated carbocycles. The van der Waals surface area contributed by atoms with E-state index < -0.39 is 5.91 Å². The maximum Gasteiger partial charge on any atom is 0.248 e. The number of carbonyl (C=O) groups is 2. The van der Waals surface area contributed by atoms with Gasteiger partial charge in [-0.1, -0.05) is 32.9 Å². The smallest absolute Gasteiger partial charge is 0.248 e. The van der Waals surface area contributed by atoms with Crippen molar-refractivity contribution in [1.82, 2.24) is 0 Å². The number of hydrogen-bond donors (Lipinski definition) is 2. The minimum absolute atomic E-state index is 0.0864. The summed E-state index contributed by atoms with van der Waals surface area (Å²) in [5.41, 5.74) is 7.65. The van der Waals surface area contributed by atoms with Gasteiger partial charge in [0.15, 0.2) is 0 Å². The molecule has 0 aliphatic heterocycles. The summed E-state index contributed by atoms with van der Waals surface area (Å²) in [6, 6.07) is 14.9. The van der Waals surface area contributed by atoms with Crippen molar-refractivity contribution >= 4 is 29.3 Å². The molecule has 0 unspecified atom stereocenters. The molecule has 2 aromatic carbocycles. The third-order valence-electron chi connectivity index (χ3n) is 3.84. The summed E-state index contributed by atoms with van der Waals surface area (Å²) in [4.78, 5) is 24.5. The lowest BCUT2D eigenvalue weighted by atomic mass is 9.87. The van der Waals surface area contributed by atoms with E-state index >= 15 is 0 Å². The lowest BCUT2D eigenvalue weighted by Crippen LogP contribution is -2.22. The van der Waals surface area contributed by atoms with Gasteiger partial charge in [0.1, 0.15) is 0 Å². The first-order chi connectivity index (χ1) is 11.7. The molecule has 4 nitrogen and oxygen atoms in total.